The number of pyridine rings is 1. The molecule has 3 heterocycles. The Kier molecular flexibility index (Phi) is 5.13. The van der Waals surface area contributed by atoms with Crippen molar-refractivity contribution in [2.75, 3.05) is 36.5 Å². The first-order chi connectivity index (χ1) is 13.2. The van der Waals surface area contributed by atoms with E-state index in [1.165, 1.54) is 11.3 Å². The number of ether oxygens (including phenoxy) is 1. The summed E-state index contributed by atoms with van der Waals surface area (Å²) in [4.78, 5) is 23.7. The van der Waals surface area contributed by atoms with E-state index in [0.29, 0.717) is 18.9 Å². The number of benzene rings is 1. The number of rotatable bonds is 4. The normalized spacial score (nSPS) is 14.2. The minimum absolute atomic E-state index is 0.200. The van der Waals surface area contributed by atoms with E-state index in [1.54, 1.807) is 11.6 Å². The average Bonchev–Trinajstić information content (AvgIpc) is 3.21. The Morgan fingerprint density at radius 3 is 2.85 bits per heavy atom. The van der Waals surface area contributed by atoms with Gasteiger partial charge in [-0.3, -0.25) is 4.79 Å². The molecule has 1 aliphatic heterocycles. The van der Waals surface area contributed by atoms with Crippen LogP contribution < -0.4 is 10.2 Å². The molecule has 1 aromatic carbocycles. The van der Waals surface area contributed by atoms with Crippen LogP contribution in [0.15, 0.2) is 48.0 Å². The number of aryl methyl sites for hydroxylation is 1. The molecule has 1 N–H and O–H groups in total. The first-order valence-electron chi connectivity index (χ1n) is 8.82. The minimum Gasteiger partial charge on any atom is -0.378 e. The summed E-state index contributed by atoms with van der Waals surface area (Å²) in [6, 6.07) is 11.6. The van der Waals surface area contributed by atoms with Crippen LogP contribution in [0.3, 0.4) is 0 Å². The predicted octanol–water partition coefficient (Wildman–Crippen LogP) is 3.60. The van der Waals surface area contributed by atoms with E-state index in [4.69, 9.17) is 4.74 Å². The van der Waals surface area contributed by atoms with Gasteiger partial charge < -0.3 is 15.0 Å². The number of aromatic nitrogens is 2. The highest BCUT2D eigenvalue weighted by molar-refractivity contribution is 7.13. The minimum atomic E-state index is -0.200. The van der Waals surface area contributed by atoms with Gasteiger partial charge in [-0.15, -0.1) is 11.3 Å². The summed E-state index contributed by atoms with van der Waals surface area (Å²) in [6.45, 7) is 5.06. The maximum absolute atomic E-state index is 12.5. The van der Waals surface area contributed by atoms with E-state index in [-0.39, 0.29) is 5.91 Å². The first kappa shape index (κ1) is 17.6. The summed E-state index contributed by atoms with van der Waals surface area (Å²) in [6.07, 6.45) is 1.79. The van der Waals surface area contributed by atoms with Gasteiger partial charge in [0, 0.05) is 35.9 Å². The van der Waals surface area contributed by atoms with Crippen LogP contribution >= 0.6 is 11.3 Å². The van der Waals surface area contributed by atoms with Gasteiger partial charge in [-0.05, 0) is 30.7 Å². The molecule has 0 spiro atoms. The van der Waals surface area contributed by atoms with Crippen molar-refractivity contribution in [3.63, 3.8) is 0 Å². The van der Waals surface area contributed by atoms with Crippen LogP contribution in [0.5, 0.6) is 0 Å². The van der Waals surface area contributed by atoms with Gasteiger partial charge in [0.15, 0.2) is 0 Å². The molecule has 7 heteroatoms. The van der Waals surface area contributed by atoms with Crippen LogP contribution in [-0.4, -0.2) is 42.2 Å². The highest BCUT2D eigenvalue weighted by Crippen LogP contribution is 2.27. The van der Waals surface area contributed by atoms with Crippen LogP contribution in [0, 0.1) is 6.92 Å². The summed E-state index contributed by atoms with van der Waals surface area (Å²) in [5, 5.41) is 5.52. The number of nitrogens with zero attached hydrogens (tertiary/aromatic N) is 3. The standard InChI is InChI=1S/C20H20N4O2S/c1-14-4-2-3-5-16(14)22-19(25)17-13-27-20(23-17)15-6-7-21-18(12-15)24-8-10-26-11-9-24/h2-7,12-13H,8-11H2,1H3,(H,22,25). The first-order valence-corrected chi connectivity index (χ1v) is 9.70. The fraction of sp³-hybridized carbons (Fsp3) is 0.250. The molecule has 0 bridgehead atoms. The van der Waals surface area contributed by atoms with E-state index in [2.05, 4.69) is 20.2 Å². The lowest BCUT2D eigenvalue weighted by Gasteiger charge is -2.27. The largest absolute Gasteiger partial charge is 0.378 e. The number of carbonyl (C=O) groups is 1. The molecule has 1 fully saturated rings. The third kappa shape index (κ3) is 3.99. The van der Waals surface area contributed by atoms with Crippen molar-refractivity contribution in [2.24, 2.45) is 0 Å². The number of morpholine rings is 1. The molecular weight excluding hydrogens is 360 g/mol. The molecule has 3 aromatic rings. The summed E-state index contributed by atoms with van der Waals surface area (Å²) in [7, 11) is 0. The van der Waals surface area contributed by atoms with Crippen molar-refractivity contribution >= 4 is 28.7 Å². The molecule has 27 heavy (non-hydrogen) atoms. The Bertz CT molecular complexity index is 950. The lowest BCUT2D eigenvalue weighted by Crippen LogP contribution is -2.36. The van der Waals surface area contributed by atoms with Crippen LogP contribution in [0.4, 0.5) is 11.5 Å². The zero-order valence-corrected chi connectivity index (χ0v) is 15.8. The number of para-hydroxylation sites is 1. The molecule has 1 aliphatic rings. The zero-order chi connectivity index (χ0) is 18.6. The summed E-state index contributed by atoms with van der Waals surface area (Å²) >= 11 is 1.46. The molecule has 1 saturated heterocycles. The molecular formula is C20H20N4O2S. The third-order valence-electron chi connectivity index (χ3n) is 4.46. The molecule has 0 atom stereocenters. The molecule has 138 valence electrons. The second-order valence-electron chi connectivity index (χ2n) is 6.31. The van der Waals surface area contributed by atoms with Gasteiger partial charge in [-0.2, -0.15) is 0 Å². The van der Waals surface area contributed by atoms with Gasteiger partial charge in [0.2, 0.25) is 0 Å². The maximum atomic E-state index is 12.5. The quantitative estimate of drug-likeness (QED) is 0.749. The molecule has 2 aromatic heterocycles. The Labute approximate surface area is 161 Å². The van der Waals surface area contributed by atoms with E-state index in [1.807, 2.05) is 43.3 Å². The van der Waals surface area contributed by atoms with Gasteiger partial charge in [-0.1, -0.05) is 18.2 Å². The second kappa shape index (κ2) is 7.85. The van der Waals surface area contributed by atoms with E-state index < -0.39 is 0 Å². The van der Waals surface area contributed by atoms with Crippen molar-refractivity contribution in [1.29, 1.82) is 0 Å². The van der Waals surface area contributed by atoms with E-state index >= 15 is 0 Å². The Balaban J connectivity index is 1.52. The maximum Gasteiger partial charge on any atom is 0.275 e. The van der Waals surface area contributed by atoms with Gasteiger partial charge in [0.25, 0.3) is 5.91 Å². The molecule has 4 rings (SSSR count). The summed E-state index contributed by atoms with van der Waals surface area (Å²) < 4.78 is 5.40. The second-order valence-corrected chi connectivity index (χ2v) is 7.17. The third-order valence-corrected chi connectivity index (χ3v) is 5.35. The van der Waals surface area contributed by atoms with Crippen molar-refractivity contribution in [2.45, 2.75) is 6.92 Å². The average molecular weight is 380 g/mol. The predicted molar refractivity (Wildman–Crippen MR) is 108 cm³/mol. The fourth-order valence-corrected chi connectivity index (χ4v) is 3.72. The summed E-state index contributed by atoms with van der Waals surface area (Å²) in [5.74, 6) is 0.714. The molecule has 0 radical (unpaired) electrons. The van der Waals surface area contributed by atoms with E-state index in [0.717, 1.165) is 40.7 Å². The lowest BCUT2D eigenvalue weighted by atomic mass is 10.2. The number of hydrogen-bond donors (Lipinski definition) is 1. The Hall–Kier alpha value is -2.77. The Morgan fingerprint density at radius 2 is 2.04 bits per heavy atom. The monoisotopic (exact) mass is 380 g/mol. The van der Waals surface area contributed by atoms with Crippen molar-refractivity contribution in [1.82, 2.24) is 9.97 Å². The van der Waals surface area contributed by atoms with Gasteiger partial charge in [-0.25, -0.2) is 9.97 Å². The van der Waals surface area contributed by atoms with Crippen molar-refractivity contribution in [3.05, 3.63) is 59.2 Å². The van der Waals surface area contributed by atoms with Gasteiger partial charge >= 0.3 is 0 Å². The molecule has 6 nitrogen and oxygen atoms in total. The summed E-state index contributed by atoms with van der Waals surface area (Å²) in [5.41, 5.74) is 3.20. The van der Waals surface area contributed by atoms with Crippen LogP contribution in [0.25, 0.3) is 10.6 Å². The number of thiazole rings is 1. The Morgan fingerprint density at radius 1 is 1.22 bits per heavy atom. The SMILES string of the molecule is Cc1ccccc1NC(=O)c1csc(-c2ccnc(N3CCOCC3)c2)n1. The van der Waals surface area contributed by atoms with Crippen molar-refractivity contribution in [3.8, 4) is 10.6 Å². The molecule has 0 aliphatic carbocycles. The van der Waals surface area contributed by atoms with Gasteiger partial charge in [0.1, 0.15) is 16.5 Å². The van der Waals surface area contributed by atoms with Crippen LogP contribution in [0.2, 0.25) is 0 Å². The highest BCUT2D eigenvalue weighted by Gasteiger charge is 2.16. The van der Waals surface area contributed by atoms with E-state index in [9.17, 15) is 4.79 Å². The smallest absolute Gasteiger partial charge is 0.275 e. The van der Waals surface area contributed by atoms with Crippen LogP contribution in [-0.2, 0) is 4.74 Å². The number of nitrogens with one attached hydrogen (secondary N) is 1. The number of amides is 1. The highest BCUT2D eigenvalue weighted by atomic mass is 32.1. The lowest BCUT2D eigenvalue weighted by molar-refractivity contribution is 0.102. The number of hydrogen-bond acceptors (Lipinski definition) is 6. The zero-order valence-electron chi connectivity index (χ0n) is 15.0. The van der Waals surface area contributed by atoms with Crippen molar-refractivity contribution < 1.29 is 9.53 Å². The number of anilines is 2. The van der Waals surface area contributed by atoms with Crippen LogP contribution in [0.1, 0.15) is 16.1 Å². The molecule has 1 amide bonds. The fourth-order valence-electron chi connectivity index (χ4n) is 2.93. The molecule has 0 saturated carbocycles. The molecule has 0 unspecified atom stereocenters. The van der Waals surface area contributed by atoms with Gasteiger partial charge in [0.05, 0.1) is 13.2 Å². The topological polar surface area (TPSA) is 67.4 Å². The number of carbonyl (C=O) groups excluding carboxylic acids is 1.